The summed E-state index contributed by atoms with van der Waals surface area (Å²) in [6.07, 6.45) is -1.97. The number of nitrogens with one attached hydrogen (secondary N) is 1. The van der Waals surface area contributed by atoms with Gasteiger partial charge in [0.2, 0.25) is 5.91 Å². The first-order valence-electron chi connectivity index (χ1n) is 6.17. The summed E-state index contributed by atoms with van der Waals surface area (Å²) in [4.78, 5) is 11.8. The number of carbonyl (C=O) groups excluding carboxylic acids is 1. The molecule has 0 aliphatic carbocycles. The Hall–Kier alpha value is -1.41. The Morgan fingerprint density at radius 3 is 2.81 bits per heavy atom. The summed E-state index contributed by atoms with van der Waals surface area (Å²) in [5.41, 5.74) is 6.05. The first kappa shape index (κ1) is 17.6. The van der Waals surface area contributed by atoms with Crippen molar-refractivity contribution in [3.63, 3.8) is 0 Å². The molecule has 3 N–H and O–H groups in total. The summed E-state index contributed by atoms with van der Waals surface area (Å²) in [6, 6.07) is 5.10. The van der Waals surface area contributed by atoms with Gasteiger partial charge in [-0.3, -0.25) is 4.79 Å². The molecule has 8 heteroatoms. The van der Waals surface area contributed by atoms with Gasteiger partial charge in [-0.1, -0.05) is 6.07 Å². The standard InChI is InChI=1S/C13H17F3N2O2S/c1-21-6-5-11(17)12(19)18-9-3-2-4-10(7-9)20-8-13(14,15)16/h2-4,7,11H,5-6,8,17H2,1H3,(H,18,19)/t11-/m0/s1. The molecule has 0 aliphatic heterocycles. The van der Waals surface area contributed by atoms with Gasteiger partial charge in [-0.25, -0.2) is 0 Å². The molecule has 1 aromatic carbocycles. The summed E-state index contributed by atoms with van der Waals surface area (Å²) < 4.78 is 40.8. The van der Waals surface area contributed by atoms with Crippen LogP contribution in [0.15, 0.2) is 24.3 Å². The Balaban J connectivity index is 2.58. The van der Waals surface area contributed by atoms with Crippen molar-refractivity contribution in [2.75, 3.05) is 23.9 Å². The SMILES string of the molecule is CSCC[C@H](N)C(=O)Nc1cccc(OCC(F)(F)F)c1. The average molecular weight is 322 g/mol. The van der Waals surface area contributed by atoms with Gasteiger partial charge >= 0.3 is 6.18 Å². The number of carbonyl (C=O) groups is 1. The van der Waals surface area contributed by atoms with Gasteiger partial charge in [-0.05, 0) is 30.6 Å². The minimum absolute atomic E-state index is 0.0304. The summed E-state index contributed by atoms with van der Waals surface area (Å²) in [6.45, 7) is -1.38. The quantitative estimate of drug-likeness (QED) is 0.810. The number of rotatable bonds is 7. The third-order valence-electron chi connectivity index (χ3n) is 2.47. The van der Waals surface area contributed by atoms with E-state index in [1.807, 2.05) is 6.26 Å². The molecule has 1 amide bonds. The lowest BCUT2D eigenvalue weighted by Crippen LogP contribution is -2.36. The Labute approximate surface area is 125 Å². The van der Waals surface area contributed by atoms with Crippen molar-refractivity contribution in [1.29, 1.82) is 0 Å². The zero-order chi connectivity index (χ0) is 15.9. The molecule has 21 heavy (non-hydrogen) atoms. The molecule has 4 nitrogen and oxygen atoms in total. The predicted molar refractivity (Wildman–Crippen MR) is 77.6 cm³/mol. The molecule has 0 aliphatic rings. The molecular weight excluding hydrogens is 305 g/mol. The smallest absolute Gasteiger partial charge is 0.422 e. The Kier molecular flexibility index (Phi) is 6.83. The van der Waals surface area contributed by atoms with Crippen LogP contribution in [0.25, 0.3) is 0 Å². The van der Waals surface area contributed by atoms with Crippen LogP contribution in [-0.4, -0.2) is 36.7 Å². The summed E-state index contributed by atoms with van der Waals surface area (Å²) in [7, 11) is 0. The van der Waals surface area contributed by atoms with Gasteiger partial charge in [0.15, 0.2) is 6.61 Å². The number of benzene rings is 1. The molecule has 0 aromatic heterocycles. The third kappa shape index (κ3) is 7.24. The molecule has 0 saturated carbocycles. The van der Waals surface area contributed by atoms with E-state index in [-0.39, 0.29) is 11.7 Å². The summed E-state index contributed by atoms with van der Waals surface area (Å²) in [5, 5.41) is 2.55. The van der Waals surface area contributed by atoms with Crippen LogP contribution in [0.3, 0.4) is 0 Å². The molecule has 0 fully saturated rings. The number of nitrogens with two attached hydrogens (primary N) is 1. The lowest BCUT2D eigenvalue weighted by Gasteiger charge is -2.13. The van der Waals surface area contributed by atoms with E-state index in [0.29, 0.717) is 12.1 Å². The third-order valence-corrected chi connectivity index (χ3v) is 3.12. The largest absolute Gasteiger partial charge is 0.484 e. The van der Waals surface area contributed by atoms with Gasteiger partial charge in [0.25, 0.3) is 0 Å². The molecule has 0 saturated heterocycles. The van der Waals surface area contributed by atoms with Gasteiger partial charge in [0, 0.05) is 11.8 Å². The van der Waals surface area contributed by atoms with Gasteiger partial charge in [0.1, 0.15) is 5.75 Å². The van der Waals surface area contributed by atoms with Gasteiger partial charge in [-0.2, -0.15) is 24.9 Å². The molecule has 0 radical (unpaired) electrons. The van der Waals surface area contributed by atoms with Crippen molar-refractivity contribution < 1.29 is 22.7 Å². The molecule has 1 aromatic rings. The fraction of sp³-hybridized carbons (Fsp3) is 0.462. The van der Waals surface area contributed by atoms with E-state index < -0.39 is 18.8 Å². The lowest BCUT2D eigenvalue weighted by atomic mass is 10.2. The van der Waals surface area contributed by atoms with Crippen LogP contribution in [0.5, 0.6) is 5.75 Å². The highest BCUT2D eigenvalue weighted by atomic mass is 32.2. The average Bonchev–Trinajstić information content (AvgIpc) is 2.42. The first-order valence-corrected chi connectivity index (χ1v) is 7.56. The van der Waals surface area contributed by atoms with Crippen molar-refractivity contribution in [2.24, 2.45) is 5.73 Å². The molecule has 1 rings (SSSR count). The topological polar surface area (TPSA) is 64.4 Å². The fourth-order valence-electron chi connectivity index (χ4n) is 1.44. The van der Waals surface area contributed by atoms with E-state index in [1.165, 1.54) is 18.2 Å². The van der Waals surface area contributed by atoms with Crippen LogP contribution in [0.2, 0.25) is 0 Å². The number of anilines is 1. The Morgan fingerprint density at radius 1 is 1.48 bits per heavy atom. The van der Waals surface area contributed by atoms with Crippen LogP contribution >= 0.6 is 11.8 Å². The van der Waals surface area contributed by atoms with E-state index in [0.717, 1.165) is 5.75 Å². The normalized spacial score (nSPS) is 12.8. The first-order chi connectivity index (χ1) is 9.81. The van der Waals surface area contributed by atoms with E-state index in [2.05, 4.69) is 10.1 Å². The number of ether oxygens (including phenoxy) is 1. The van der Waals surface area contributed by atoms with Crippen molar-refractivity contribution in [2.45, 2.75) is 18.6 Å². The van der Waals surface area contributed by atoms with Gasteiger partial charge in [-0.15, -0.1) is 0 Å². The monoisotopic (exact) mass is 322 g/mol. The van der Waals surface area contributed by atoms with Crippen LogP contribution in [0.1, 0.15) is 6.42 Å². The van der Waals surface area contributed by atoms with E-state index in [9.17, 15) is 18.0 Å². The second kappa shape index (κ2) is 8.14. The Bertz CT molecular complexity index is 469. The van der Waals surface area contributed by atoms with E-state index >= 15 is 0 Å². The number of amides is 1. The van der Waals surface area contributed by atoms with Crippen LogP contribution in [-0.2, 0) is 4.79 Å². The molecule has 118 valence electrons. The second-order valence-corrected chi connectivity index (χ2v) is 5.29. The highest BCUT2D eigenvalue weighted by molar-refractivity contribution is 7.98. The zero-order valence-electron chi connectivity index (χ0n) is 11.4. The Morgan fingerprint density at radius 2 is 2.19 bits per heavy atom. The highest BCUT2D eigenvalue weighted by Gasteiger charge is 2.28. The van der Waals surface area contributed by atoms with E-state index in [4.69, 9.17) is 5.73 Å². The second-order valence-electron chi connectivity index (χ2n) is 4.31. The number of halogens is 3. The molecule has 0 bridgehead atoms. The van der Waals surface area contributed by atoms with Gasteiger partial charge in [0.05, 0.1) is 6.04 Å². The zero-order valence-corrected chi connectivity index (χ0v) is 12.3. The summed E-state index contributed by atoms with van der Waals surface area (Å²) >= 11 is 1.58. The maximum absolute atomic E-state index is 12.1. The van der Waals surface area contributed by atoms with Crippen LogP contribution in [0, 0.1) is 0 Å². The number of alkyl halides is 3. The van der Waals surface area contributed by atoms with Crippen molar-refractivity contribution in [3.8, 4) is 5.75 Å². The van der Waals surface area contributed by atoms with Gasteiger partial charge < -0.3 is 15.8 Å². The minimum Gasteiger partial charge on any atom is -0.484 e. The number of hydrogen-bond donors (Lipinski definition) is 2. The minimum atomic E-state index is -4.40. The van der Waals surface area contributed by atoms with Crippen molar-refractivity contribution in [3.05, 3.63) is 24.3 Å². The molecule has 0 heterocycles. The molecular formula is C13H17F3N2O2S. The molecule has 0 spiro atoms. The molecule has 1 atom stereocenters. The fourth-order valence-corrected chi connectivity index (χ4v) is 1.93. The lowest BCUT2D eigenvalue weighted by molar-refractivity contribution is -0.153. The van der Waals surface area contributed by atoms with Crippen LogP contribution < -0.4 is 15.8 Å². The molecule has 0 unspecified atom stereocenters. The van der Waals surface area contributed by atoms with Crippen molar-refractivity contribution in [1.82, 2.24) is 0 Å². The van der Waals surface area contributed by atoms with Crippen LogP contribution in [0.4, 0.5) is 18.9 Å². The highest BCUT2D eigenvalue weighted by Crippen LogP contribution is 2.21. The predicted octanol–water partition coefficient (Wildman–Crippen LogP) is 2.65. The summed E-state index contributed by atoms with van der Waals surface area (Å²) in [5.74, 6) is 0.406. The van der Waals surface area contributed by atoms with Crippen molar-refractivity contribution >= 4 is 23.4 Å². The number of thioether (sulfide) groups is 1. The van der Waals surface area contributed by atoms with E-state index in [1.54, 1.807) is 17.8 Å². The maximum Gasteiger partial charge on any atom is 0.422 e. The number of hydrogen-bond acceptors (Lipinski definition) is 4. The maximum atomic E-state index is 12.1.